The van der Waals surface area contributed by atoms with Crippen molar-refractivity contribution < 1.29 is 4.74 Å². The van der Waals surface area contributed by atoms with E-state index in [1.807, 2.05) is 7.05 Å². The summed E-state index contributed by atoms with van der Waals surface area (Å²) in [6, 6.07) is 18.1. The molecule has 1 fully saturated rings. The van der Waals surface area contributed by atoms with Crippen LogP contribution < -0.4 is 4.74 Å². The van der Waals surface area contributed by atoms with Crippen molar-refractivity contribution >= 4 is 5.71 Å². The van der Waals surface area contributed by atoms with Crippen molar-refractivity contribution in [2.45, 2.75) is 64.5 Å². The molecule has 1 saturated heterocycles. The SMILES string of the molecule is CCC(C)C(C(C)=NC)c1cccc(O[C@H]2c3ccccc3C[C@@H]2N2CCCC2)c1. The van der Waals surface area contributed by atoms with Crippen LogP contribution in [0, 0.1) is 5.92 Å². The largest absolute Gasteiger partial charge is 0.484 e. The minimum absolute atomic E-state index is 0.109. The average molecular weight is 405 g/mol. The predicted molar refractivity (Wildman–Crippen MR) is 126 cm³/mol. The van der Waals surface area contributed by atoms with Gasteiger partial charge >= 0.3 is 0 Å². The Labute approximate surface area is 182 Å². The number of nitrogens with zero attached hydrogens (tertiary/aromatic N) is 2. The molecule has 3 nitrogen and oxygen atoms in total. The Morgan fingerprint density at radius 2 is 1.90 bits per heavy atom. The lowest BCUT2D eigenvalue weighted by Gasteiger charge is -2.30. The monoisotopic (exact) mass is 404 g/mol. The van der Waals surface area contributed by atoms with Crippen LogP contribution in [0.4, 0.5) is 0 Å². The summed E-state index contributed by atoms with van der Waals surface area (Å²) in [5.74, 6) is 1.87. The maximum Gasteiger partial charge on any atom is 0.140 e. The smallest absolute Gasteiger partial charge is 0.140 e. The lowest BCUT2D eigenvalue weighted by Crippen LogP contribution is -2.38. The van der Waals surface area contributed by atoms with E-state index in [2.05, 4.69) is 79.2 Å². The fourth-order valence-electron chi connectivity index (χ4n) is 5.36. The highest BCUT2D eigenvalue weighted by Gasteiger charge is 2.38. The summed E-state index contributed by atoms with van der Waals surface area (Å²) in [6.45, 7) is 9.13. The number of benzene rings is 2. The van der Waals surface area contributed by atoms with E-state index in [0.717, 1.165) is 18.6 Å². The highest BCUT2D eigenvalue weighted by Crippen LogP contribution is 2.40. The molecule has 3 heteroatoms. The van der Waals surface area contributed by atoms with Crippen LogP contribution in [-0.2, 0) is 6.42 Å². The minimum atomic E-state index is 0.109. The van der Waals surface area contributed by atoms with Crippen LogP contribution in [0.15, 0.2) is 53.5 Å². The highest BCUT2D eigenvalue weighted by molar-refractivity contribution is 5.89. The van der Waals surface area contributed by atoms with Gasteiger partial charge in [-0.2, -0.15) is 0 Å². The van der Waals surface area contributed by atoms with Crippen molar-refractivity contribution in [3.8, 4) is 5.75 Å². The summed E-state index contributed by atoms with van der Waals surface area (Å²) in [5, 5.41) is 0. The summed E-state index contributed by atoms with van der Waals surface area (Å²) in [6.07, 6.45) is 4.95. The molecule has 1 aliphatic heterocycles. The second-order valence-electron chi connectivity index (χ2n) is 9.05. The minimum Gasteiger partial charge on any atom is -0.484 e. The van der Waals surface area contributed by atoms with E-state index in [0.29, 0.717) is 17.9 Å². The van der Waals surface area contributed by atoms with Crippen molar-refractivity contribution in [2.75, 3.05) is 20.1 Å². The van der Waals surface area contributed by atoms with Gasteiger partial charge in [0, 0.05) is 18.7 Å². The van der Waals surface area contributed by atoms with Gasteiger partial charge < -0.3 is 4.74 Å². The molecule has 0 bridgehead atoms. The molecule has 1 aliphatic carbocycles. The zero-order valence-electron chi connectivity index (χ0n) is 19.0. The first-order valence-corrected chi connectivity index (χ1v) is 11.6. The summed E-state index contributed by atoms with van der Waals surface area (Å²) in [5.41, 5.74) is 5.32. The van der Waals surface area contributed by atoms with Gasteiger partial charge in [0.1, 0.15) is 11.9 Å². The Balaban J connectivity index is 1.63. The normalized spacial score (nSPS) is 23.9. The third-order valence-electron chi connectivity index (χ3n) is 7.25. The van der Waals surface area contributed by atoms with Gasteiger partial charge in [-0.25, -0.2) is 0 Å². The van der Waals surface area contributed by atoms with Crippen molar-refractivity contribution in [2.24, 2.45) is 10.9 Å². The fraction of sp³-hybridized carbons (Fsp3) is 0.519. The molecule has 2 aromatic rings. The van der Waals surface area contributed by atoms with Gasteiger partial charge in [-0.15, -0.1) is 0 Å². The van der Waals surface area contributed by atoms with Crippen LogP contribution in [-0.4, -0.2) is 36.8 Å². The third kappa shape index (κ3) is 4.18. The van der Waals surface area contributed by atoms with Crippen LogP contribution >= 0.6 is 0 Å². The lowest BCUT2D eigenvalue weighted by molar-refractivity contribution is 0.0940. The average Bonchev–Trinajstić information content (AvgIpc) is 3.42. The molecule has 30 heavy (non-hydrogen) atoms. The van der Waals surface area contributed by atoms with Crippen LogP contribution in [0.1, 0.15) is 68.7 Å². The number of hydrogen-bond donors (Lipinski definition) is 0. The van der Waals surface area contributed by atoms with Crippen molar-refractivity contribution in [3.63, 3.8) is 0 Å². The van der Waals surface area contributed by atoms with E-state index in [-0.39, 0.29) is 6.10 Å². The van der Waals surface area contributed by atoms with E-state index in [9.17, 15) is 0 Å². The lowest BCUT2D eigenvalue weighted by atomic mass is 9.82. The number of hydrogen-bond acceptors (Lipinski definition) is 3. The van der Waals surface area contributed by atoms with Crippen molar-refractivity contribution in [1.82, 2.24) is 4.90 Å². The van der Waals surface area contributed by atoms with Crippen LogP contribution in [0.5, 0.6) is 5.75 Å². The maximum absolute atomic E-state index is 6.76. The number of likely N-dealkylation sites (tertiary alicyclic amines) is 1. The van der Waals surface area contributed by atoms with Gasteiger partial charge in [-0.1, -0.05) is 56.7 Å². The molecular weight excluding hydrogens is 368 g/mol. The second-order valence-corrected chi connectivity index (χ2v) is 9.05. The summed E-state index contributed by atoms with van der Waals surface area (Å²) < 4.78 is 6.76. The Hall–Kier alpha value is -2.13. The molecule has 2 aliphatic rings. The van der Waals surface area contributed by atoms with Gasteiger partial charge in [-0.05, 0) is 74.0 Å². The summed E-state index contributed by atoms with van der Waals surface area (Å²) in [7, 11) is 1.90. The van der Waals surface area contributed by atoms with Crippen LogP contribution in [0.2, 0.25) is 0 Å². The molecule has 1 heterocycles. The van der Waals surface area contributed by atoms with Gasteiger partial charge in [-0.3, -0.25) is 9.89 Å². The number of fused-ring (bicyclic) bond motifs is 1. The maximum atomic E-state index is 6.76. The molecule has 0 radical (unpaired) electrons. The Morgan fingerprint density at radius 1 is 1.13 bits per heavy atom. The highest BCUT2D eigenvalue weighted by atomic mass is 16.5. The number of aliphatic imine (C=N–C) groups is 1. The second kappa shape index (κ2) is 9.34. The molecule has 2 unspecified atom stereocenters. The molecule has 0 N–H and O–H groups in total. The van der Waals surface area contributed by atoms with Crippen LogP contribution in [0.3, 0.4) is 0 Å². The number of ether oxygens (including phenoxy) is 1. The van der Waals surface area contributed by atoms with E-state index < -0.39 is 0 Å². The molecule has 0 amide bonds. The Bertz CT molecular complexity index is 884. The summed E-state index contributed by atoms with van der Waals surface area (Å²) >= 11 is 0. The molecular formula is C27H36N2O. The first-order chi connectivity index (χ1) is 14.6. The first-order valence-electron chi connectivity index (χ1n) is 11.6. The molecule has 2 aromatic carbocycles. The fourth-order valence-corrected chi connectivity index (χ4v) is 5.36. The quantitative estimate of drug-likeness (QED) is 0.525. The zero-order chi connectivity index (χ0) is 21.1. The topological polar surface area (TPSA) is 24.8 Å². The Kier molecular flexibility index (Phi) is 6.58. The van der Waals surface area contributed by atoms with Crippen LogP contribution in [0.25, 0.3) is 0 Å². The predicted octanol–water partition coefficient (Wildman–Crippen LogP) is 6.05. The van der Waals surface area contributed by atoms with E-state index in [1.54, 1.807) is 0 Å². The molecule has 4 rings (SSSR count). The Morgan fingerprint density at radius 3 is 2.63 bits per heavy atom. The van der Waals surface area contributed by atoms with Crippen molar-refractivity contribution in [3.05, 3.63) is 65.2 Å². The zero-order valence-corrected chi connectivity index (χ0v) is 19.0. The van der Waals surface area contributed by atoms with Crippen molar-refractivity contribution in [1.29, 1.82) is 0 Å². The standard InChI is InChI=1S/C27H36N2O/c1-5-19(2)26(20(3)28-4)22-12-10-13-23(17-22)30-27-24-14-7-6-11-21(24)18-25(27)29-15-8-9-16-29/h6-7,10-14,17,19,25-27H,5,8-9,15-16,18H2,1-4H3/t19?,25-,26?,27-/m0/s1. The molecule has 4 atom stereocenters. The molecule has 0 spiro atoms. The molecule has 0 aromatic heterocycles. The van der Waals surface area contributed by atoms with E-state index in [1.165, 1.54) is 48.3 Å². The van der Waals surface area contributed by atoms with Gasteiger partial charge in [0.15, 0.2) is 0 Å². The van der Waals surface area contributed by atoms with Gasteiger partial charge in [0.2, 0.25) is 0 Å². The first kappa shape index (κ1) is 21.1. The van der Waals surface area contributed by atoms with E-state index in [4.69, 9.17) is 4.74 Å². The van der Waals surface area contributed by atoms with Gasteiger partial charge in [0.05, 0.1) is 6.04 Å². The van der Waals surface area contributed by atoms with E-state index >= 15 is 0 Å². The molecule has 160 valence electrons. The summed E-state index contributed by atoms with van der Waals surface area (Å²) in [4.78, 5) is 7.17. The van der Waals surface area contributed by atoms with Gasteiger partial charge in [0.25, 0.3) is 0 Å². The molecule has 0 saturated carbocycles. The third-order valence-corrected chi connectivity index (χ3v) is 7.25. The number of rotatable bonds is 7.